The minimum absolute atomic E-state index is 0.0298. The molecule has 0 aromatic rings. The first kappa shape index (κ1) is 18.7. The van der Waals surface area contributed by atoms with Gasteiger partial charge in [-0.05, 0) is 52.0 Å². The monoisotopic (exact) mass is 283 g/mol. The van der Waals surface area contributed by atoms with E-state index in [0.29, 0.717) is 18.3 Å². The van der Waals surface area contributed by atoms with Crippen molar-refractivity contribution >= 4 is 0 Å². The second kappa shape index (κ2) is 8.10. The molecule has 116 valence electrons. The zero-order valence-electron chi connectivity index (χ0n) is 12.7. The second-order valence-corrected chi connectivity index (χ2v) is 6.58. The van der Waals surface area contributed by atoms with E-state index in [4.69, 9.17) is 0 Å². The third kappa shape index (κ3) is 13.9. The lowest BCUT2D eigenvalue weighted by Gasteiger charge is -2.26. The molecule has 1 atom stereocenters. The Labute approximate surface area is 115 Å². The smallest absolute Gasteiger partial charge is 0.372 e. The molecule has 0 radical (unpaired) electrons. The molecule has 1 N–H and O–H groups in total. The molecule has 19 heavy (non-hydrogen) atoms. The Morgan fingerprint density at radius 1 is 1.11 bits per heavy atom. The predicted octanol–water partition coefficient (Wildman–Crippen LogP) is 4.01. The Morgan fingerprint density at radius 2 is 1.68 bits per heavy atom. The van der Waals surface area contributed by atoms with Gasteiger partial charge in [-0.25, -0.2) is 0 Å². The van der Waals surface area contributed by atoms with Gasteiger partial charge in [0, 0.05) is 12.1 Å². The summed E-state index contributed by atoms with van der Waals surface area (Å²) in [5.41, 5.74) is 0.0298. The van der Waals surface area contributed by atoms with Gasteiger partial charge in [0.2, 0.25) is 0 Å². The fourth-order valence-electron chi connectivity index (χ4n) is 1.86. The Kier molecular flexibility index (Phi) is 7.98. The number of halogens is 3. The van der Waals surface area contributed by atoms with Gasteiger partial charge < -0.3 is 10.1 Å². The highest BCUT2D eigenvalue weighted by atomic mass is 19.4. The summed E-state index contributed by atoms with van der Waals surface area (Å²) in [6.45, 7) is 10.3. The zero-order chi connectivity index (χ0) is 15.1. The zero-order valence-corrected chi connectivity index (χ0v) is 12.7. The summed E-state index contributed by atoms with van der Waals surface area (Å²) in [7, 11) is 0. The molecule has 0 aliphatic rings. The van der Waals surface area contributed by atoms with E-state index in [1.165, 1.54) is 0 Å². The first-order chi connectivity index (χ1) is 8.49. The molecule has 2 nitrogen and oxygen atoms in total. The summed E-state index contributed by atoms with van der Waals surface area (Å²) < 4.78 is 40.6. The lowest BCUT2D eigenvalue weighted by atomic mass is 9.93. The van der Waals surface area contributed by atoms with Crippen LogP contribution >= 0.6 is 0 Å². The molecule has 1 unspecified atom stereocenters. The van der Waals surface area contributed by atoms with Crippen LogP contribution in [0.25, 0.3) is 0 Å². The quantitative estimate of drug-likeness (QED) is 0.680. The number of nitrogens with one attached hydrogen (secondary N) is 1. The van der Waals surface area contributed by atoms with Crippen LogP contribution in [0, 0.1) is 11.8 Å². The SMILES string of the molecule is CC(C)CC(CCOCC(F)(F)F)CNC(C)(C)C. The molecule has 0 aliphatic carbocycles. The molecule has 0 rings (SSSR count). The Balaban J connectivity index is 4.00. The minimum atomic E-state index is -4.22. The van der Waals surface area contributed by atoms with Crippen molar-refractivity contribution < 1.29 is 17.9 Å². The van der Waals surface area contributed by atoms with Crippen molar-refractivity contribution in [2.75, 3.05) is 19.8 Å². The lowest BCUT2D eigenvalue weighted by molar-refractivity contribution is -0.174. The maximum absolute atomic E-state index is 12.0. The largest absolute Gasteiger partial charge is 0.411 e. The van der Waals surface area contributed by atoms with Gasteiger partial charge in [0.05, 0.1) is 0 Å². The molecule has 0 heterocycles. The first-order valence-corrected chi connectivity index (χ1v) is 6.89. The third-order valence-corrected chi connectivity index (χ3v) is 2.66. The van der Waals surface area contributed by atoms with Crippen LogP contribution in [0.15, 0.2) is 0 Å². The van der Waals surface area contributed by atoms with Crippen LogP contribution in [0.1, 0.15) is 47.5 Å². The van der Waals surface area contributed by atoms with Gasteiger partial charge in [-0.15, -0.1) is 0 Å². The average molecular weight is 283 g/mol. The molecule has 0 saturated heterocycles. The number of hydrogen-bond donors (Lipinski definition) is 1. The van der Waals surface area contributed by atoms with Crippen LogP contribution in [-0.2, 0) is 4.74 Å². The van der Waals surface area contributed by atoms with Crippen LogP contribution in [0.5, 0.6) is 0 Å². The standard InChI is InChI=1S/C14H28F3NO/c1-11(2)8-12(9-18-13(3,4)5)6-7-19-10-14(15,16)17/h11-12,18H,6-10H2,1-5H3. The van der Waals surface area contributed by atoms with E-state index < -0.39 is 12.8 Å². The molecule has 0 fully saturated rings. The molecule has 0 aromatic heterocycles. The molecule has 0 aliphatic heterocycles. The summed E-state index contributed by atoms with van der Waals surface area (Å²) >= 11 is 0. The van der Waals surface area contributed by atoms with Gasteiger partial charge in [0.15, 0.2) is 0 Å². The summed E-state index contributed by atoms with van der Waals surface area (Å²) in [5.74, 6) is 0.891. The van der Waals surface area contributed by atoms with Crippen LogP contribution in [-0.4, -0.2) is 31.5 Å². The van der Waals surface area contributed by atoms with Crippen molar-refractivity contribution in [3.05, 3.63) is 0 Å². The van der Waals surface area contributed by atoms with Crippen molar-refractivity contribution in [2.24, 2.45) is 11.8 Å². The van der Waals surface area contributed by atoms with Crippen LogP contribution in [0.3, 0.4) is 0 Å². The topological polar surface area (TPSA) is 21.3 Å². The normalized spacial score (nSPS) is 15.0. The van der Waals surface area contributed by atoms with Crippen molar-refractivity contribution in [1.29, 1.82) is 0 Å². The second-order valence-electron chi connectivity index (χ2n) is 6.58. The van der Waals surface area contributed by atoms with Crippen molar-refractivity contribution in [3.63, 3.8) is 0 Å². The highest BCUT2D eigenvalue weighted by molar-refractivity contribution is 4.74. The van der Waals surface area contributed by atoms with E-state index in [9.17, 15) is 13.2 Å². The van der Waals surface area contributed by atoms with Gasteiger partial charge in [-0.3, -0.25) is 0 Å². The lowest BCUT2D eigenvalue weighted by Crippen LogP contribution is -2.39. The molecule has 0 aromatic carbocycles. The van der Waals surface area contributed by atoms with Crippen LogP contribution in [0.2, 0.25) is 0 Å². The Hall–Kier alpha value is -0.290. The minimum Gasteiger partial charge on any atom is -0.372 e. The highest BCUT2D eigenvalue weighted by Gasteiger charge is 2.27. The van der Waals surface area contributed by atoms with Gasteiger partial charge in [0.1, 0.15) is 6.61 Å². The number of hydrogen-bond acceptors (Lipinski definition) is 2. The molecular formula is C14H28F3NO. The number of rotatable bonds is 8. The summed E-state index contributed by atoms with van der Waals surface area (Å²) in [5, 5.41) is 3.41. The van der Waals surface area contributed by atoms with Gasteiger partial charge >= 0.3 is 6.18 Å². The van der Waals surface area contributed by atoms with Crippen LogP contribution in [0.4, 0.5) is 13.2 Å². The molecule has 0 spiro atoms. The highest BCUT2D eigenvalue weighted by Crippen LogP contribution is 2.18. The van der Waals surface area contributed by atoms with E-state index in [2.05, 4.69) is 44.7 Å². The van der Waals surface area contributed by atoms with Crippen molar-refractivity contribution in [3.8, 4) is 0 Å². The number of ether oxygens (including phenoxy) is 1. The van der Waals surface area contributed by atoms with Crippen LogP contribution < -0.4 is 5.32 Å². The Bertz CT molecular complexity index is 234. The van der Waals surface area contributed by atoms with E-state index in [1.54, 1.807) is 0 Å². The summed E-state index contributed by atoms with van der Waals surface area (Å²) in [6.07, 6.45) is -2.56. The molecular weight excluding hydrogens is 255 g/mol. The molecule has 5 heteroatoms. The van der Waals surface area contributed by atoms with Gasteiger partial charge in [0.25, 0.3) is 0 Å². The maximum atomic E-state index is 12.0. The van der Waals surface area contributed by atoms with E-state index in [-0.39, 0.29) is 12.1 Å². The van der Waals surface area contributed by atoms with E-state index in [1.807, 2.05) is 0 Å². The van der Waals surface area contributed by atoms with Crippen molar-refractivity contribution in [1.82, 2.24) is 5.32 Å². The molecule has 0 amide bonds. The average Bonchev–Trinajstić information content (AvgIpc) is 2.17. The Morgan fingerprint density at radius 3 is 2.11 bits per heavy atom. The molecule has 0 saturated carbocycles. The first-order valence-electron chi connectivity index (χ1n) is 6.89. The van der Waals surface area contributed by atoms with Crippen molar-refractivity contribution in [2.45, 2.75) is 59.2 Å². The maximum Gasteiger partial charge on any atom is 0.411 e. The fraction of sp³-hybridized carbons (Fsp3) is 1.00. The third-order valence-electron chi connectivity index (χ3n) is 2.66. The summed E-state index contributed by atoms with van der Waals surface area (Å²) in [6, 6.07) is 0. The van der Waals surface area contributed by atoms with E-state index in [0.717, 1.165) is 13.0 Å². The van der Waals surface area contributed by atoms with Gasteiger partial charge in [-0.2, -0.15) is 13.2 Å². The van der Waals surface area contributed by atoms with Gasteiger partial charge in [-0.1, -0.05) is 13.8 Å². The molecule has 0 bridgehead atoms. The predicted molar refractivity (Wildman–Crippen MR) is 72.2 cm³/mol. The summed E-state index contributed by atoms with van der Waals surface area (Å²) in [4.78, 5) is 0. The fourth-order valence-corrected chi connectivity index (χ4v) is 1.86. The van der Waals surface area contributed by atoms with E-state index >= 15 is 0 Å². The number of alkyl halides is 3.